The highest BCUT2D eigenvalue weighted by Gasteiger charge is 2.45. The number of aliphatic imine (C=N–C) groups is 1. The van der Waals surface area contributed by atoms with Gasteiger partial charge in [0.25, 0.3) is 5.91 Å². The quantitative estimate of drug-likeness (QED) is 0.920. The van der Waals surface area contributed by atoms with E-state index in [1.165, 1.54) is 0 Å². The number of hydrogen-bond acceptors (Lipinski definition) is 2. The number of hydrogen-bond donors (Lipinski definition) is 1. The van der Waals surface area contributed by atoms with E-state index >= 15 is 0 Å². The first-order chi connectivity index (χ1) is 10.8. The van der Waals surface area contributed by atoms with Crippen LogP contribution in [0.3, 0.4) is 0 Å². The fourth-order valence-corrected chi connectivity index (χ4v) is 2.94. The molecule has 2 amide bonds. The third-order valence-electron chi connectivity index (χ3n) is 3.93. The van der Waals surface area contributed by atoms with Crippen LogP contribution in [0.1, 0.15) is 11.1 Å². The number of carbonyl (C=O) groups is 2. The van der Waals surface area contributed by atoms with Gasteiger partial charge in [-0.15, -0.1) is 0 Å². The maximum atomic E-state index is 12.4. The molecule has 0 spiro atoms. The molecule has 2 aliphatic rings. The van der Waals surface area contributed by atoms with Crippen molar-refractivity contribution in [3.8, 4) is 0 Å². The molecule has 0 fully saturated rings. The molecular formula is C18H12N2O2. The summed E-state index contributed by atoms with van der Waals surface area (Å²) in [7, 11) is 0. The van der Waals surface area contributed by atoms with E-state index in [0.717, 1.165) is 11.1 Å². The lowest BCUT2D eigenvalue weighted by atomic mass is 9.92. The topological polar surface area (TPSA) is 58.5 Å². The molecule has 1 N–H and O–H groups in total. The minimum atomic E-state index is -0.606. The van der Waals surface area contributed by atoms with Crippen molar-refractivity contribution >= 4 is 23.2 Å². The highest BCUT2D eigenvalue weighted by Crippen LogP contribution is 2.36. The van der Waals surface area contributed by atoms with Crippen molar-refractivity contribution in [1.29, 1.82) is 0 Å². The number of fused-ring (bicyclic) bond motifs is 1. The van der Waals surface area contributed by atoms with Crippen molar-refractivity contribution in [2.24, 2.45) is 10.9 Å². The standard InChI is InChI=1S/C18H12N2O2/c21-17-13-14(16(20-17)12-9-5-2-6-10-12)18(22)19-15(13)11-7-3-1-4-8-11/h1-10,13H,(H,20,21). The summed E-state index contributed by atoms with van der Waals surface area (Å²) in [5.41, 5.74) is 3.20. The molecule has 0 aromatic heterocycles. The third-order valence-corrected chi connectivity index (χ3v) is 3.93. The maximum Gasteiger partial charge on any atom is 0.276 e. The fraction of sp³-hybridized carbons (Fsp3) is 0.0556. The molecule has 22 heavy (non-hydrogen) atoms. The third kappa shape index (κ3) is 1.81. The second kappa shape index (κ2) is 4.77. The van der Waals surface area contributed by atoms with Gasteiger partial charge < -0.3 is 5.32 Å². The van der Waals surface area contributed by atoms with Crippen LogP contribution in [0.4, 0.5) is 0 Å². The zero-order valence-electron chi connectivity index (χ0n) is 11.6. The number of rotatable bonds is 2. The summed E-state index contributed by atoms with van der Waals surface area (Å²) in [6.45, 7) is 0. The van der Waals surface area contributed by atoms with E-state index in [-0.39, 0.29) is 11.8 Å². The molecule has 4 nitrogen and oxygen atoms in total. The van der Waals surface area contributed by atoms with E-state index in [1.54, 1.807) is 0 Å². The number of nitrogens with zero attached hydrogens (tertiary/aromatic N) is 1. The summed E-state index contributed by atoms with van der Waals surface area (Å²) >= 11 is 0. The molecule has 1 unspecified atom stereocenters. The predicted molar refractivity (Wildman–Crippen MR) is 83.0 cm³/mol. The first kappa shape index (κ1) is 12.7. The Morgan fingerprint density at radius 3 is 2.05 bits per heavy atom. The van der Waals surface area contributed by atoms with E-state index in [9.17, 15) is 9.59 Å². The van der Waals surface area contributed by atoms with Crippen LogP contribution < -0.4 is 5.32 Å². The van der Waals surface area contributed by atoms with Gasteiger partial charge in [0.1, 0.15) is 5.92 Å². The molecule has 0 radical (unpaired) electrons. The Kier molecular flexibility index (Phi) is 2.76. The Morgan fingerprint density at radius 2 is 1.41 bits per heavy atom. The Bertz CT molecular complexity index is 836. The zero-order chi connectivity index (χ0) is 15.1. The van der Waals surface area contributed by atoms with Gasteiger partial charge in [-0.3, -0.25) is 9.59 Å². The molecule has 4 heteroatoms. The lowest BCUT2D eigenvalue weighted by Gasteiger charge is -2.06. The van der Waals surface area contributed by atoms with Gasteiger partial charge in [-0.25, -0.2) is 4.99 Å². The summed E-state index contributed by atoms with van der Waals surface area (Å²) in [5.74, 6) is -1.13. The van der Waals surface area contributed by atoms with Gasteiger partial charge in [0.2, 0.25) is 5.91 Å². The Morgan fingerprint density at radius 1 is 0.818 bits per heavy atom. The lowest BCUT2D eigenvalue weighted by molar-refractivity contribution is -0.121. The van der Waals surface area contributed by atoms with Gasteiger partial charge in [0.15, 0.2) is 0 Å². The molecule has 0 saturated heterocycles. The van der Waals surface area contributed by atoms with Crippen molar-refractivity contribution < 1.29 is 9.59 Å². The van der Waals surface area contributed by atoms with Crippen molar-refractivity contribution in [2.75, 3.05) is 0 Å². The summed E-state index contributed by atoms with van der Waals surface area (Å²) < 4.78 is 0. The molecule has 4 rings (SSSR count). The molecule has 2 aromatic rings. The van der Waals surface area contributed by atoms with Gasteiger partial charge in [-0.05, 0) is 11.1 Å². The first-order valence-electron chi connectivity index (χ1n) is 7.04. The molecule has 2 heterocycles. The van der Waals surface area contributed by atoms with Crippen LogP contribution in [0.25, 0.3) is 5.70 Å². The van der Waals surface area contributed by atoms with E-state index in [2.05, 4.69) is 10.3 Å². The molecule has 2 aliphatic heterocycles. The number of benzene rings is 2. The predicted octanol–water partition coefficient (Wildman–Crippen LogP) is 2.17. The number of amides is 2. The van der Waals surface area contributed by atoms with Crippen LogP contribution in [-0.2, 0) is 9.59 Å². The van der Waals surface area contributed by atoms with Crippen LogP contribution >= 0.6 is 0 Å². The summed E-state index contributed by atoms with van der Waals surface area (Å²) in [4.78, 5) is 28.8. The molecule has 106 valence electrons. The lowest BCUT2D eigenvalue weighted by Crippen LogP contribution is -2.26. The first-order valence-corrected chi connectivity index (χ1v) is 7.04. The van der Waals surface area contributed by atoms with Crippen molar-refractivity contribution in [1.82, 2.24) is 5.32 Å². The Balaban J connectivity index is 1.84. The Hall–Kier alpha value is -3.01. The van der Waals surface area contributed by atoms with Crippen LogP contribution in [-0.4, -0.2) is 17.5 Å². The van der Waals surface area contributed by atoms with Crippen LogP contribution in [0.2, 0.25) is 0 Å². The largest absolute Gasteiger partial charge is 0.324 e. The molecule has 0 aliphatic carbocycles. The number of carbonyl (C=O) groups excluding carboxylic acids is 2. The summed E-state index contributed by atoms with van der Waals surface area (Å²) in [5, 5.41) is 2.84. The minimum Gasteiger partial charge on any atom is -0.324 e. The van der Waals surface area contributed by atoms with E-state index in [0.29, 0.717) is 17.0 Å². The highest BCUT2D eigenvalue weighted by atomic mass is 16.2. The number of nitrogens with one attached hydrogen (secondary N) is 1. The highest BCUT2D eigenvalue weighted by molar-refractivity contribution is 6.33. The molecule has 2 aromatic carbocycles. The van der Waals surface area contributed by atoms with Gasteiger partial charge in [0.05, 0.1) is 17.0 Å². The van der Waals surface area contributed by atoms with E-state index < -0.39 is 5.92 Å². The smallest absolute Gasteiger partial charge is 0.276 e. The second-order valence-corrected chi connectivity index (χ2v) is 5.25. The zero-order valence-corrected chi connectivity index (χ0v) is 11.6. The van der Waals surface area contributed by atoms with Gasteiger partial charge in [-0.2, -0.15) is 0 Å². The van der Waals surface area contributed by atoms with Crippen molar-refractivity contribution in [2.45, 2.75) is 0 Å². The summed E-state index contributed by atoms with van der Waals surface area (Å²) in [6, 6.07) is 18.8. The summed E-state index contributed by atoms with van der Waals surface area (Å²) in [6.07, 6.45) is 0. The second-order valence-electron chi connectivity index (χ2n) is 5.25. The SMILES string of the molecule is O=C1N=C(c2ccccc2)C2C(=O)NC(c3ccccc3)=C12. The molecule has 0 saturated carbocycles. The van der Waals surface area contributed by atoms with Crippen LogP contribution in [0.5, 0.6) is 0 Å². The van der Waals surface area contributed by atoms with E-state index in [4.69, 9.17) is 0 Å². The van der Waals surface area contributed by atoms with Gasteiger partial charge in [0, 0.05) is 0 Å². The van der Waals surface area contributed by atoms with Crippen LogP contribution in [0.15, 0.2) is 71.2 Å². The normalized spacial score (nSPS) is 20.0. The average Bonchev–Trinajstić information content (AvgIpc) is 3.09. The monoisotopic (exact) mass is 288 g/mol. The maximum absolute atomic E-state index is 12.4. The Labute approximate surface area is 127 Å². The molecular weight excluding hydrogens is 276 g/mol. The molecule has 0 bridgehead atoms. The van der Waals surface area contributed by atoms with Crippen LogP contribution in [0, 0.1) is 5.92 Å². The fourth-order valence-electron chi connectivity index (χ4n) is 2.94. The van der Waals surface area contributed by atoms with Gasteiger partial charge in [-0.1, -0.05) is 60.7 Å². The van der Waals surface area contributed by atoms with Gasteiger partial charge >= 0.3 is 0 Å². The van der Waals surface area contributed by atoms with Crippen molar-refractivity contribution in [3.63, 3.8) is 0 Å². The van der Waals surface area contributed by atoms with E-state index in [1.807, 2.05) is 60.7 Å². The molecule has 1 atom stereocenters. The minimum absolute atomic E-state index is 0.192. The average molecular weight is 288 g/mol. The van der Waals surface area contributed by atoms with Crippen molar-refractivity contribution in [3.05, 3.63) is 77.4 Å².